The van der Waals surface area contributed by atoms with Crippen molar-refractivity contribution in [1.82, 2.24) is 0 Å². The van der Waals surface area contributed by atoms with Crippen LogP contribution in [0.25, 0.3) is 0 Å². The van der Waals surface area contributed by atoms with E-state index >= 15 is 0 Å². The molecular weight excluding hydrogens is 260 g/mol. The SMILES string of the molecule is CCCOc1cccc(NCCc2ccccc2C)c1N. The lowest BCUT2D eigenvalue weighted by atomic mass is 10.1. The molecule has 3 nitrogen and oxygen atoms in total. The van der Waals surface area contributed by atoms with Crippen molar-refractivity contribution in [1.29, 1.82) is 0 Å². The van der Waals surface area contributed by atoms with Crippen molar-refractivity contribution in [2.45, 2.75) is 26.7 Å². The summed E-state index contributed by atoms with van der Waals surface area (Å²) < 4.78 is 5.65. The number of ether oxygens (including phenoxy) is 1. The Labute approximate surface area is 127 Å². The number of para-hydroxylation sites is 1. The van der Waals surface area contributed by atoms with E-state index in [2.05, 4.69) is 43.4 Å². The maximum Gasteiger partial charge on any atom is 0.144 e. The number of hydrogen-bond donors (Lipinski definition) is 2. The Bertz CT molecular complexity index is 581. The van der Waals surface area contributed by atoms with Gasteiger partial charge >= 0.3 is 0 Å². The summed E-state index contributed by atoms with van der Waals surface area (Å²) in [4.78, 5) is 0. The van der Waals surface area contributed by atoms with E-state index in [1.807, 2.05) is 18.2 Å². The molecule has 2 rings (SSSR count). The fraction of sp³-hybridized carbons (Fsp3) is 0.333. The standard InChI is InChI=1S/C18H24N2O/c1-3-13-21-17-10-6-9-16(18(17)19)20-12-11-15-8-5-4-7-14(15)2/h4-10,20H,3,11-13,19H2,1-2H3. The largest absolute Gasteiger partial charge is 0.491 e. The van der Waals surface area contributed by atoms with Crippen LogP contribution in [0, 0.1) is 6.92 Å². The van der Waals surface area contributed by atoms with Crippen LogP contribution in [-0.2, 0) is 6.42 Å². The summed E-state index contributed by atoms with van der Waals surface area (Å²) in [6.07, 6.45) is 1.95. The summed E-state index contributed by atoms with van der Waals surface area (Å²) in [7, 11) is 0. The number of anilines is 2. The van der Waals surface area contributed by atoms with Crippen LogP contribution in [0.5, 0.6) is 5.75 Å². The first-order valence-electron chi connectivity index (χ1n) is 7.52. The summed E-state index contributed by atoms with van der Waals surface area (Å²) in [5.74, 6) is 0.762. The van der Waals surface area contributed by atoms with E-state index in [1.165, 1.54) is 11.1 Å². The van der Waals surface area contributed by atoms with Crippen molar-refractivity contribution in [3.8, 4) is 5.75 Å². The second kappa shape index (κ2) is 7.58. The number of aryl methyl sites for hydroxylation is 1. The lowest BCUT2D eigenvalue weighted by Gasteiger charge is -2.14. The van der Waals surface area contributed by atoms with E-state index in [0.29, 0.717) is 12.3 Å². The van der Waals surface area contributed by atoms with Gasteiger partial charge in [-0.25, -0.2) is 0 Å². The molecule has 3 heteroatoms. The number of rotatable bonds is 7. The summed E-state index contributed by atoms with van der Waals surface area (Å²) >= 11 is 0. The quantitative estimate of drug-likeness (QED) is 0.755. The van der Waals surface area contributed by atoms with E-state index < -0.39 is 0 Å². The van der Waals surface area contributed by atoms with Crippen LogP contribution < -0.4 is 15.8 Å². The molecule has 0 spiro atoms. The molecule has 112 valence electrons. The highest BCUT2D eigenvalue weighted by Gasteiger charge is 2.05. The van der Waals surface area contributed by atoms with Crippen LogP contribution in [0.15, 0.2) is 42.5 Å². The van der Waals surface area contributed by atoms with Crippen LogP contribution in [0.4, 0.5) is 11.4 Å². The van der Waals surface area contributed by atoms with Crippen molar-refractivity contribution >= 4 is 11.4 Å². The summed E-state index contributed by atoms with van der Waals surface area (Å²) in [5.41, 5.74) is 10.5. The molecule has 21 heavy (non-hydrogen) atoms. The van der Waals surface area contributed by atoms with Crippen molar-refractivity contribution in [3.63, 3.8) is 0 Å². The van der Waals surface area contributed by atoms with Gasteiger partial charge in [0.25, 0.3) is 0 Å². The molecule has 0 heterocycles. The van der Waals surface area contributed by atoms with Crippen LogP contribution in [0.2, 0.25) is 0 Å². The molecule has 0 atom stereocenters. The van der Waals surface area contributed by atoms with Gasteiger partial charge in [0, 0.05) is 6.54 Å². The molecule has 0 unspecified atom stereocenters. The Morgan fingerprint density at radius 2 is 1.90 bits per heavy atom. The molecule has 2 aromatic carbocycles. The van der Waals surface area contributed by atoms with Gasteiger partial charge in [-0.05, 0) is 43.0 Å². The minimum Gasteiger partial charge on any atom is -0.491 e. The van der Waals surface area contributed by atoms with Crippen molar-refractivity contribution in [2.75, 3.05) is 24.2 Å². The average Bonchev–Trinajstić information content (AvgIpc) is 2.49. The topological polar surface area (TPSA) is 47.3 Å². The molecule has 0 aliphatic heterocycles. The zero-order valence-corrected chi connectivity index (χ0v) is 12.9. The first-order valence-corrected chi connectivity index (χ1v) is 7.52. The molecule has 0 amide bonds. The van der Waals surface area contributed by atoms with E-state index in [1.54, 1.807) is 0 Å². The maximum absolute atomic E-state index is 6.15. The van der Waals surface area contributed by atoms with Crippen molar-refractivity contribution in [3.05, 3.63) is 53.6 Å². The predicted molar refractivity (Wildman–Crippen MR) is 90.0 cm³/mol. The minimum atomic E-state index is 0.690. The Kier molecular flexibility index (Phi) is 5.50. The van der Waals surface area contributed by atoms with Gasteiger partial charge in [0.15, 0.2) is 0 Å². The van der Waals surface area contributed by atoms with Gasteiger partial charge in [-0.15, -0.1) is 0 Å². The third-order valence-electron chi connectivity index (χ3n) is 3.50. The fourth-order valence-electron chi connectivity index (χ4n) is 2.26. The summed E-state index contributed by atoms with van der Waals surface area (Å²) in [6, 6.07) is 14.3. The lowest BCUT2D eigenvalue weighted by Crippen LogP contribution is -2.08. The first kappa shape index (κ1) is 15.2. The molecule has 0 saturated carbocycles. The second-order valence-corrected chi connectivity index (χ2v) is 5.17. The maximum atomic E-state index is 6.15. The molecule has 0 aliphatic carbocycles. The normalized spacial score (nSPS) is 10.4. The Morgan fingerprint density at radius 3 is 2.67 bits per heavy atom. The molecule has 0 aliphatic rings. The Morgan fingerprint density at radius 1 is 1.10 bits per heavy atom. The van der Waals surface area contributed by atoms with Crippen molar-refractivity contribution < 1.29 is 4.74 Å². The minimum absolute atomic E-state index is 0.690. The van der Waals surface area contributed by atoms with Crippen LogP contribution in [0.3, 0.4) is 0 Å². The summed E-state index contributed by atoms with van der Waals surface area (Å²) in [6.45, 7) is 5.77. The predicted octanol–water partition coefficient (Wildman–Crippen LogP) is 4.02. The van der Waals surface area contributed by atoms with E-state index in [4.69, 9.17) is 10.5 Å². The van der Waals surface area contributed by atoms with Gasteiger partial charge in [0.05, 0.1) is 18.0 Å². The monoisotopic (exact) mass is 284 g/mol. The van der Waals surface area contributed by atoms with Gasteiger partial charge in [-0.2, -0.15) is 0 Å². The van der Waals surface area contributed by atoms with Gasteiger partial charge in [0.1, 0.15) is 5.75 Å². The highest BCUT2D eigenvalue weighted by molar-refractivity contribution is 5.72. The number of hydrogen-bond acceptors (Lipinski definition) is 3. The van der Waals surface area contributed by atoms with Crippen molar-refractivity contribution in [2.24, 2.45) is 0 Å². The summed E-state index contributed by atoms with van der Waals surface area (Å²) in [5, 5.41) is 3.40. The van der Waals surface area contributed by atoms with E-state index in [9.17, 15) is 0 Å². The number of nitrogens with one attached hydrogen (secondary N) is 1. The number of benzene rings is 2. The number of nitrogen functional groups attached to an aromatic ring is 1. The third kappa shape index (κ3) is 4.15. The first-order chi connectivity index (χ1) is 10.2. The molecule has 0 radical (unpaired) electrons. The van der Waals surface area contributed by atoms with E-state index in [-0.39, 0.29) is 0 Å². The van der Waals surface area contributed by atoms with Crippen LogP contribution >= 0.6 is 0 Å². The highest BCUT2D eigenvalue weighted by atomic mass is 16.5. The molecule has 3 N–H and O–H groups in total. The Balaban J connectivity index is 1.95. The van der Waals surface area contributed by atoms with Gasteiger partial charge in [-0.1, -0.05) is 37.3 Å². The molecular formula is C18H24N2O. The number of nitrogens with two attached hydrogens (primary N) is 1. The van der Waals surface area contributed by atoms with Gasteiger partial charge < -0.3 is 15.8 Å². The molecule has 0 bridgehead atoms. The van der Waals surface area contributed by atoms with Crippen LogP contribution in [-0.4, -0.2) is 13.2 Å². The van der Waals surface area contributed by atoms with Gasteiger partial charge in [-0.3, -0.25) is 0 Å². The zero-order chi connectivity index (χ0) is 15.1. The van der Waals surface area contributed by atoms with E-state index in [0.717, 1.165) is 30.8 Å². The zero-order valence-electron chi connectivity index (χ0n) is 12.9. The highest BCUT2D eigenvalue weighted by Crippen LogP contribution is 2.29. The Hall–Kier alpha value is -2.16. The van der Waals surface area contributed by atoms with Crippen LogP contribution in [0.1, 0.15) is 24.5 Å². The third-order valence-corrected chi connectivity index (χ3v) is 3.50. The molecule has 0 saturated heterocycles. The smallest absolute Gasteiger partial charge is 0.144 e. The second-order valence-electron chi connectivity index (χ2n) is 5.17. The average molecular weight is 284 g/mol. The molecule has 0 fully saturated rings. The molecule has 2 aromatic rings. The molecule has 0 aromatic heterocycles. The lowest BCUT2D eigenvalue weighted by molar-refractivity contribution is 0.319. The van der Waals surface area contributed by atoms with Gasteiger partial charge in [0.2, 0.25) is 0 Å². The fourth-order valence-corrected chi connectivity index (χ4v) is 2.26.